The highest BCUT2D eigenvalue weighted by molar-refractivity contribution is 4.81. The Labute approximate surface area is 88.1 Å². The van der Waals surface area contributed by atoms with Crippen LogP contribution < -0.4 is 5.32 Å². The lowest BCUT2D eigenvalue weighted by molar-refractivity contribution is 0.0415. The molecule has 0 aromatic rings. The van der Waals surface area contributed by atoms with E-state index in [-0.39, 0.29) is 6.10 Å². The van der Waals surface area contributed by atoms with Gasteiger partial charge in [-0.25, -0.2) is 0 Å². The molecule has 2 heteroatoms. The molecule has 14 heavy (non-hydrogen) atoms. The molecule has 0 atom stereocenters. The van der Waals surface area contributed by atoms with Crippen molar-refractivity contribution >= 4 is 0 Å². The standard InChI is InChI=1S/C12H25NO/c1-3-5-11(6-4-2)13-9-10-7-12(14)8-10/h10-14H,3-9H2,1-2H3. The van der Waals surface area contributed by atoms with Gasteiger partial charge in [-0.15, -0.1) is 0 Å². The molecule has 84 valence electrons. The van der Waals surface area contributed by atoms with E-state index in [0.717, 1.165) is 25.3 Å². The SMILES string of the molecule is CCCC(CCC)NCC1CC(O)C1. The average molecular weight is 199 g/mol. The van der Waals surface area contributed by atoms with Gasteiger partial charge in [0.1, 0.15) is 0 Å². The summed E-state index contributed by atoms with van der Waals surface area (Å²) in [5.74, 6) is 0.737. The summed E-state index contributed by atoms with van der Waals surface area (Å²) in [6.07, 6.45) is 7.15. The largest absolute Gasteiger partial charge is 0.393 e. The first-order valence-electron chi connectivity index (χ1n) is 6.17. The van der Waals surface area contributed by atoms with Crippen molar-refractivity contribution in [2.75, 3.05) is 6.54 Å². The summed E-state index contributed by atoms with van der Waals surface area (Å²) in [7, 11) is 0. The van der Waals surface area contributed by atoms with Crippen LogP contribution in [-0.4, -0.2) is 23.8 Å². The average Bonchev–Trinajstić information content (AvgIpc) is 2.11. The van der Waals surface area contributed by atoms with Crippen LogP contribution in [-0.2, 0) is 0 Å². The van der Waals surface area contributed by atoms with Gasteiger partial charge in [-0.1, -0.05) is 26.7 Å². The van der Waals surface area contributed by atoms with Gasteiger partial charge >= 0.3 is 0 Å². The Bertz CT molecular complexity index is 137. The topological polar surface area (TPSA) is 32.3 Å². The molecule has 1 fully saturated rings. The van der Waals surface area contributed by atoms with Gasteiger partial charge < -0.3 is 10.4 Å². The van der Waals surface area contributed by atoms with Crippen molar-refractivity contribution in [2.45, 2.75) is 64.5 Å². The lowest BCUT2D eigenvalue weighted by Crippen LogP contribution is -2.40. The van der Waals surface area contributed by atoms with Gasteiger partial charge in [-0.05, 0) is 38.1 Å². The summed E-state index contributed by atoms with van der Waals surface area (Å²) < 4.78 is 0. The maximum Gasteiger partial charge on any atom is 0.0546 e. The van der Waals surface area contributed by atoms with Crippen molar-refractivity contribution in [2.24, 2.45) is 5.92 Å². The molecule has 0 bridgehead atoms. The van der Waals surface area contributed by atoms with Gasteiger partial charge in [0.2, 0.25) is 0 Å². The van der Waals surface area contributed by atoms with Crippen LogP contribution in [0.25, 0.3) is 0 Å². The number of hydrogen-bond acceptors (Lipinski definition) is 2. The molecule has 2 nitrogen and oxygen atoms in total. The predicted molar refractivity (Wildman–Crippen MR) is 60.3 cm³/mol. The number of aliphatic hydroxyl groups is 1. The normalized spacial score (nSPS) is 26.6. The minimum atomic E-state index is -0.00222. The minimum absolute atomic E-state index is 0.00222. The zero-order valence-electron chi connectivity index (χ0n) is 9.63. The number of rotatable bonds is 7. The van der Waals surface area contributed by atoms with Gasteiger partial charge in [0.05, 0.1) is 6.10 Å². The van der Waals surface area contributed by atoms with Crippen LogP contribution in [0.15, 0.2) is 0 Å². The Kier molecular flexibility index (Phi) is 5.49. The molecule has 0 heterocycles. The lowest BCUT2D eigenvalue weighted by atomic mass is 9.82. The second-order valence-electron chi connectivity index (χ2n) is 4.67. The molecular formula is C12H25NO. The zero-order chi connectivity index (χ0) is 10.4. The van der Waals surface area contributed by atoms with Crippen LogP contribution in [0.2, 0.25) is 0 Å². The molecule has 2 N–H and O–H groups in total. The number of nitrogens with one attached hydrogen (secondary N) is 1. The van der Waals surface area contributed by atoms with E-state index < -0.39 is 0 Å². The van der Waals surface area contributed by atoms with Gasteiger partial charge in [0.15, 0.2) is 0 Å². The number of aliphatic hydroxyl groups excluding tert-OH is 1. The van der Waals surface area contributed by atoms with Crippen LogP contribution in [0.3, 0.4) is 0 Å². The van der Waals surface area contributed by atoms with Crippen LogP contribution in [0, 0.1) is 5.92 Å². The first kappa shape index (κ1) is 12.0. The monoisotopic (exact) mass is 199 g/mol. The second-order valence-corrected chi connectivity index (χ2v) is 4.67. The summed E-state index contributed by atoms with van der Waals surface area (Å²) in [5.41, 5.74) is 0. The first-order valence-corrected chi connectivity index (χ1v) is 6.17. The number of hydrogen-bond donors (Lipinski definition) is 2. The molecule has 0 aromatic heterocycles. The smallest absolute Gasteiger partial charge is 0.0546 e. The fourth-order valence-electron chi connectivity index (χ4n) is 2.25. The summed E-state index contributed by atoms with van der Waals surface area (Å²) >= 11 is 0. The fraction of sp³-hybridized carbons (Fsp3) is 1.00. The molecule has 1 saturated carbocycles. The highest BCUT2D eigenvalue weighted by atomic mass is 16.3. The van der Waals surface area contributed by atoms with Crippen molar-refractivity contribution < 1.29 is 5.11 Å². The van der Waals surface area contributed by atoms with Crippen LogP contribution >= 0.6 is 0 Å². The Balaban J connectivity index is 2.06. The van der Waals surface area contributed by atoms with Crippen LogP contribution in [0.1, 0.15) is 52.4 Å². The Morgan fingerprint density at radius 2 is 1.79 bits per heavy atom. The Morgan fingerprint density at radius 3 is 2.21 bits per heavy atom. The van der Waals surface area contributed by atoms with E-state index in [2.05, 4.69) is 19.2 Å². The summed E-state index contributed by atoms with van der Waals surface area (Å²) in [4.78, 5) is 0. The Hall–Kier alpha value is -0.0800. The van der Waals surface area contributed by atoms with Crippen molar-refractivity contribution in [3.63, 3.8) is 0 Å². The van der Waals surface area contributed by atoms with E-state index in [9.17, 15) is 0 Å². The molecule has 1 aliphatic carbocycles. The van der Waals surface area contributed by atoms with Crippen molar-refractivity contribution in [1.29, 1.82) is 0 Å². The van der Waals surface area contributed by atoms with Gasteiger partial charge in [-0.3, -0.25) is 0 Å². The molecule has 0 spiro atoms. The van der Waals surface area contributed by atoms with E-state index in [1.807, 2.05) is 0 Å². The molecule has 0 radical (unpaired) electrons. The summed E-state index contributed by atoms with van der Waals surface area (Å²) in [5, 5.41) is 12.8. The van der Waals surface area contributed by atoms with Crippen molar-refractivity contribution in [3.05, 3.63) is 0 Å². The Morgan fingerprint density at radius 1 is 1.21 bits per heavy atom. The van der Waals surface area contributed by atoms with E-state index in [0.29, 0.717) is 6.04 Å². The van der Waals surface area contributed by atoms with Crippen LogP contribution in [0.4, 0.5) is 0 Å². The molecular weight excluding hydrogens is 174 g/mol. The summed E-state index contributed by atoms with van der Waals surface area (Å²) in [6.45, 7) is 5.61. The van der Waals surface area contributed by atoms with E-state index in [1.54, 1.807) is 0 Å². The third kappa shape index (κ3) is 3.97. The molecule has 0 saturated heterocycles. The van der Waals surface area contributed by atoms with Crippen LogP contribution in [0.5, 0.6) is 0 Å². The van der Waals surface area contributed by atoms with Gasteiger partial charge in [0.25, 0.3) is 0 Å². The lowest BCUT2D eigenvalue weighted by Gasteiger charge is -2.33. The first-order chi connectivity index (χ1) is 6.76. The van der Waals surface area contributed by atoms with Gasteiger partial charge in [0, 0.05) is 6.04 Å². The zero-order valence-corrected chi connectivity index (χ0v) is 9.63. The predicted octanol–water partition coefficient (Wildman–Crippen LogP) is 2.32. The molecule has 0 aromatic carbocycles. The highest BCUT2D eigenvalue weighted by Gasteiger charge is 2.26. The van der Waals surface area contributed by atoms with Crippen molar-refractivity contribution in [3.8, 4) is 0 Å². The summed E-state index contributed by atoms with van der Waals surface area (Å²) in [6, 6.07) is 0.711. The molecule has 1 aliphatic rings. The third-order valence-corrected chi connectivity index (χ3v) is 3.18. The maximum atomic E-state index is 9.16. The van der Waals surface area contributed by atoms with E-state index in [4.69, 9.17) is 5.11 Å². The molecule has 1 rings (SSSR count). The minimum Gasteiger partial charge on any atom is -0.393 e. The molecule has 0 amide bonds. The quantitative estimate of drug-likeness (QED) is 0.659. The maximum absolute atomic E-state index is 9.16. The van der Waals surface area contributed by atoms with Crippen molar-refractivity contribution in [1.82, 2.24) is 5.32 Å². The molecule has 0 aliphatic heterocycles. The van der Waals surface area contributed by atoms with E-state index >= 15 is 0 Å². The third-order valence-electron chi connectivity index (χ3n) is 3.18. The fourth-order valence-corrected chi connectivity index (χ4v) is 2.25. The molecule has 0 unspecified atom stereocenters. The van der Waals surface area contributed by atoms with Gasteiger partial charge in [-0.2, -0.15) is 0 Å². The second kappa shape index (κ2) is 6.41. The van der Waals surface area contributed by atoms with E-state index in [1.165, 1.54) is 25.7 Å². The highest BCUT2D eigenvalue weighted by Crippen LogP contribution is 2.26.